The van der Waals surface area contributed by atoms with Crippen LogP contribution in [0, 0.1) is 30.1 Å². The van der Waals surface area contributed by atoms with Gasteiger partial charge < -0.3 is 9.47 Å². The summed E-state index contributed by atoms with van der Waals surface area (Å²) in [5.41, 5.74) is 0.0320. The summed E-state index contributed by atoms with van der Waals surface area (Å²) in [7, 11) is 0. The van der Waals surface area contributed by atoms with Crippen molar-refractivity contribution in [3.63, 3.8) is 0 Å². The van der Waals surface area contributed by atoms with Crippen LogP contribution < -0.4 is 4.74 Å². The van der Waals surface area contributed by atoms with Crippen LogP contribution in [0.25, 0.3) is 16.1 Å². The smallest absolute Gasteiger partial charge is 0.490 e. The molecule has 2 aromatic heterocycles. The molecule has 2 rings (SSSR count). The van der Waals surface area contributed by atoms with Crippen LogP contribution >= 0.6 is 11.6 Å². The highest BCUT2D eigenvalue weighted by atomic mass is 35.5. The lowest BCUT2D eigenvalue weighted by molar-refractivity contribution is 0.0663. The summed E-state index contributed by atoms with van der Waals surface area (Å²) in [6.07, 6.45) is 1.44. The van der Waals surface area contributed by atoms with Crippen molar-refractivity contribution in [2.24, 2.45) is 11.3 Å². The number of rotatable bonds is 6. The third-order valence-electron chi connectivity index (χ3n) is 4.38. The van der Waals surface area contributed by atoms with Gasteiger partial charge in [0.05, 0.1) is 16.2 Å². The largest absolute Gasteiger partial charge is 0.728 e. The van der Waals surface area contributed by atoms with Gasteiger partial charge >= 0.3 is 12.2 Å². The Bertz CT molecular complexity index is 1040. The van der Waals surface area contributed by atoms with E-state index in [1.807, 2.05) is 6.92 Å². The lowest BCUT2D eigenvalue weighted by Gasteiger charge is -2.21. The molecule has 2 aromatic rings. The summed E-state index contributed by atoms with van der Waals surface area (Å²) in [4.78, 5) is 24.0. The second kappa shape index (κ2) is 10.3. The normalized spacial score (nSPS) is 13.2. The van der Waals surface area contributed by atoms with E-state index in [1.165, 1.54) is 12.3 Å². The van der Waals surface area contributed by atoms with E-state index >= 15 is 0 Å². The van der Waals surface area contributed by atoms with Crippen molar-refractivity contribution >= 4 is 17.7 Å². The first-order chi connectivity index (χ1) is 14.8. The molecule has 0 aliphatic heterocycles. The van der Waals surface area contributed by atoms with Gasteiger partial charge in [-0.2, -0.15) is 4.79 Å². The van der Waals surface area contributed by atoms with Crippen LogP contribution in [-0.2, 0) is 4.74 Å². The Morgan fingerprint density at radius 3 is 2.53 bits per heavy atom. The van der Waals surface area contributed by atoms with E-state index < -0.39 is 22.9 Å². The first kappa shape index (κ1) is 25.5. The van der Waals surface area contributed by atoms with Crippen molar-refractivity contribution in [2.75, 3.05) is 6.61 Å². The zero-order valence-corrected chi connectivity index (χ0v) is 20.4. The van der Waals surface area contributed by atoms with E-state index in [9.17, 15) is 9.18 Å². The molecule has 2 heterocycles. The molecular formula is C24H30ClFN3O3+. The second-order valence-electron chi connectivity index (χ2n) is 9.39. The van der Waals surface area contributed by atoms with Gasteiger partial charge in [-0.25, -0.2) is 14.4 Å². The number of amides is 1. The molecule has 8 heteroatoms. The average molecular weight is 463 g/mol. The van der Waals surface area contributed by atoms with E-state index in [2.05, 4.69) is 34.7 Å². The maximum Gasteiger partial charge on any atom is 0.728 e. The number of nitrogens with zero attached hydrogens (tertiary/aromatic N) is 3. The van der Waals surface area contributed by atoms with Crippen LogP contribution in [0.3, 0.4) is 0 Å². The van der Waals surface area contributed by atoms with Crippen molar-refractivity contribution in [1.82, 2.24) is 9.97 Å². The molecule has 1 amide bonds. The maximum absolute atomic E-state index is 14.3. The number of carbonyl (C=O) groups excluding carboxylic acids is 1. The predicted molar refractivity (Wildman–Crippen MR) is 124 cm³/mol. The molecule has 172 valence electrons. The average Bonchev–Trinajstić information content (AvgIpc) is 2.66. The summed E-state index contributed by atoms with van der Waals surface area (Å²) in [5, 5.41) is -0.202. The molecule has 0 radical (unpaired) electrons. The topological polar surface area (TPSA) is 65.7 Å². The molecule has 0 aliphatic carbocycles. The second-order valence-corrected chi connectivity index (χ2v) is 9.75. The summed E-state index contributed by atoms with van der Waals surface area (Å²) in [5.74, 6) is 0.251. The molecule has 32 heavy (non-hydrogen) atoms. The fraction of sp³-hybridized carbons (Fsp3) is 0.500. The zero-order chi connectivity index (χ0) is 24.1. The Hall–Kier alpha value is -2.72. The number of hydrogen-bond donors (Lipinski definition) is 0. The number of ether oxygens (including phenoxy) is 2. The maximum atomic E-state index is 14.3. The lowest BCUT2D eigenvalue weighted by Crippen LogP contribution is -2.26. The van der Waals surface area contributed by atoms with Gasteiger partial charge in [-0.1, -0.05) is 25.4 Å². The molecule has 0 aliphatic rings. The molecule has 0 fully saturated rings. The van der Waals surface area contributed by atoms with Crippen LogP contribution in [0.2, 0.25) is 5.15 Å². The molecular weight excluding hydrogens is 433 g/mol. The molecule has 0 saturated carbocycles. The number of hydrogen-bond acceptors (Lipinski definition) is 5. The zero-order valence-electron chi connectivity index (χ0n) is 19.6. The van der Waals surface area contributed by atoms with Crippen LogP contribution in [0.1, 0.15) is 53.7 Å². The number of carbonyl (C=O) groups is 1. The molecule has 0 bridgehead atoms. The van der Waals surface area contributed by atoms with E-state index in [4.69, 9.17) is 21.1 Å². The molecule has 0 spiro atoms. The van der Waals surface area contributed by atoms with Crippen molar-refractivity contribution in [3.8, 4) is 23.1 Å². The first-order valence-electron chi connectivity index (χ1n) is 10.4. The SMILES string of the molecule is Cc1nc(-c2ccnc(Cl)c2F)ccc1OC[C@@](C)(C#[N+]C(=O)OC(C)(C)C)CC(C)C. The molecule has 6 nitrogen and oxygen atoms in total. The lowest BCUT2D eigenvalue weighted by atomic mass is 9.84. The third-order valence-corrected chi connectivity index (χ3v) is 4.64. The molecule has 0 N–H and O–H groups in total. The van der Waals surface area contributed by atoms with Crippen molar-refractivity contribution < 1.29 is 18.7 Å². The van der Waals surface area contributed by atoms with Gasteiger partial charge in [-0.3, -0.25) is 0 Å². The van der Waals surface area contributed by atoms with Crippen LogP contribution in [-0.4, -0.2) is 28.3 Å². The third kappa shape index (κ3) is 7.45. The summed E-state index contributed by atoms with van der Waals surface area (Å²) in [6.45, 7) is 13.4. The molecule has 0 aromatic carbocycles. The van der Waals surface area contributed by atoms with Gasteiger partial charge in [0.25, 0.3) is 0 Å². The standard InChI is InChI=1S/C24H30ClFN3O3/c1-15(2)12-24(7,13-28-22(30)32-23(4,5)6)14-31-19-9-8-18(29-16(19)3)17-10-11-27-21(25)20(17)26/h8-11,15H,12,14H2,1-7H3/q+1/t24-/m1/s1. The monoisotopic (exact) mass is 462 g/mol. The first-order valence-corrected chi connectivity index (χ1v) is 10.8. The Balaban J connectivity index is 2.21. The van der Waals surface area contributed by atoms with E-state index in [1.54, 1.807) is 39.8 Å². The summed E-state index contributed by atoms with van der Waals surface area (Å²) < 4.78 is 25.5. The van der Waals surface area contributed by atoms with Crippen LogP contribution in [0.5, 0.6) is 5.75 Å². The predicted octanol–water partition coefficient (Wildman–Crippen LogP) is 6.94. The number of aromatic nitrogens is 2. The van der Waals surface area contributed by atoms with Crippen LogP contribution in [0.15, 0.2) is 24.4 Å². The van der Waals surface area contributed by atoms with Gasteiger partial charge in [0.15, 0.2) is 11.0 Å². The van der Waals surface area contributed by atoms with E-state index in [0.29, 0.717) is 29.5 Å². The van der Waals surface area contributed by atoms with Crippen LogP contribution in [0.4, 0.5) is 9.18 Å². The Kier molecular flexibility index (Phi) is 8.19. The van der Waals surface area contributed by atoms with Crippen molar-refractivity contribution in [2.45, 2.75) is 60.5 Å². The van der Waals surface area contributed by atoms with Gasteiger partial charge in [-0.15, -0.1) is 0 Å². The highest BCUT2D eigenvalue weighted by molar-refractivity contribution is 6.29. The highest BCUT2D eigenvalue weighted by Crippen LogP contribution is 2.30. The quantitative estimate of drug-likeness (QED) is 0.435. The Morgan fingerprint density at radius 2 is 1.94 bits per heavy atom. The fourth-order valence-corrected chi connectivity index (χ4v) is 3.37. The molecule has 0 saturated heterocycles. The Morgan fingerprint density at radius 1 is 1.25 bits per heavy atom. The van der Waals surface area contributed by atoms with Gasteiger partial charge in [0, 0.05) is 11.8 Å². The van der Waals surface area contributed by atoms with E-state index in [-0.39, 0.29) is 17.3 Å². The minimum absolute atomic E-state index is 0.202. The van der Waals surface area contributed by atoms with Gasteiger partial charge in [0.1, 0.15) is 23.4 Å². The summed E-state index contributed by atoms with van der Waals surface area (Å²) in [6, 6.07) is 7.83. The van der Waals surface area contributed by atoms with Crippen molar-refractivity contribution in [1.29, 1.82) is 0 Å². The van der Waals surface area contributed by atoms with Gasteiger partial charge in [-0.05, 0) is 65.2 Å². The fourth-order valence-electron chi connectivity index (χ4n) is 3.21. The van der Waals surface area contributed by atoms with Gasteiger partial charge in [0.2, 0.25) is 0 Å². The highest BCUT2D eigenvalue weighted by Gasteiger charge is 2.33. The van der Waals surface area contributed by atoms with Crippen molar-refractivity contribution in [3.05, 3.63) is 45.9 Å². The Labute approximate surface area is 193 Å². The van der Waals surface area contributed by atoms with E-state index in [0.717, 1.165) is 0 Å². The minimum Gasteiger partial charge on any atom is -0.490 e. The number of aryl methyl sites for hydroxylation is 1. The number of halogens is 2. The summed E-state index contributed by atoms with van der Waals surface area (Å²) >= 11 is 5.78. The molecule has 0 unspecified atom stereocenters. The minimum atomic E-state index is -0.687. The number of pyridine rings is 2. The molecule has 1 atom stereocenters.